The van der Waals surface area contributed by atoms with E-state index in [1.54, 1.807) is 6.33 Å². The number of hydrogen-bond donors (Lipinski definition) is 3. The highest BCUT2D eigenvalue weighted by Crippen LogP contribution is 2.11. The van der Waals surface area contributed by atoms with Crippen molar-refractivity contribution < 1.29 is 19.8 Å². The van der Waals surface area contributed by atoms with Gasteiger partial charge < -0.3 is 20.1 Å². The van der Waals surface area contributed by atoms with Gasteiger partial charge in [-0.2, -0.15) is 0 Å². The number of aliphatic carboxylic acids is 1. The SMILES string of the molecule is O=C(CCn1cnc2ccccc21)NCC[C@H](O)C(=O)O. The van der Waals surface area contributed by atoms with Crippen molar-refractivity contribution in [2.24, 2.45) is 0 Å². The highest BCUT2D eigenvalue weighted by Gasteiger charge is 2.12. The molecule has 0 saturated carbocycles. The molecule has 7 nitrogen and oxygen atoms in total. The minimum atomic E-state index is -1.44. The van der Waals surface area contributed by atoms with Crippen LogP contribution in [0.3, 0.4) is 0 Å². The van der Waals surface area contributed by atoms with Gasteiger partial charge in [0.05, 0.1) is 17.4 Å². The molecular weight excluding hydrogens is 274 g/mol. The number of rotatable bonds is 7. The van der Waals surface area contributed by atoms with E-state index < -0.39 is 12.1 Å². The molecule has 3 N–H and O–H groups in total. The first-order valence-corrected chi connectivity index (χ1v) is 6.65. The van der Waals surface area contributed by atoms with Gasteiger partial charge in [0.15, 0.2) is 6.10 Å². The normalized spacial score (nSPS) is 12.2. The van der Waals surface area contributed by atoms with Gasteiger partial charge in [0.2, 0.25) is 5.91 Å². The molecule has 112 valence electrons. The van der Waals surface area contributed by atoms with Crippen LogP contribution in [0.25, 0.3) is 11.0 Å². The number of carboxylic acid groups (broad SMARTS) is 1. The van der Waals surface area contributed by atoms with Crippen molar-refractivity contribution >= 4 is 22.9 Å². The fourth-order valence-corrected chi connectivity index (χ4v) is 1.97. The van der Waals surface area contributed by atoms with Crippen LogP contribution in [0.2, 0.25) is 0 Å². The average Bonchev–Trinajstić information content (AvgIpc) is 2.88. The second-order valence-corrected chi connectivity index (χ2v) is 4.67. The fraction of sp³-hybridized carbons (Fsp3) is 0.357. The Morgan fingerprint density at radius 2 is 2.10 bits per heavy atom. The van der Waals surface area contributed by atoms with Crippen LogP contribution < -0.4 is 5.32 Å². The molecule has 0 aliphatic heterocycles. The number of nitrogens with one attached hydrogen (secondary N) is 1. The lowest BCUT2D eigenvalue weighted by Gasteiger charge is -2.08. The fourth-order valence-electron chi connectivity index (χ4n) is 1.97. The van der Waals surface area contributed by atoms with Gasteiger partial charge >= 0.3 is 5.97 Å². The number of carboxylic acids is 1. The summed E-state index contributed by atoms with van der Waals surface area (Å²) in [6.07, 6.45) is 0.507. The van der Waals surface area contributed by atoms with E-state index in [0.717, 1.165) is 11.0 Å². The van der Waals surface area contributed by atoms with Gasteiger partial charge in [-0.25, -0.2) is 9.78 Å². The van der Waals surface area contributed by atoms with Gasteiger partial charge in [0.25, 0.3) is 0 Å². The summed E-state index contributed by atoms with van der Waals surface area (Å²) in [5.41, 5.74) is 1.84. The summed E-state index contributed by atoms with van der Waals surface area (Å²) in [5.74, 6) is -1.47. The standard InChI is InChI=1S/C14H17N3O4/c18-12(14(20)21)5-7-15-13(19)6-8-17-9-16-10-3-1-2-4-11(10)17/h1-4,9,12,18H,5-8H2,(H,15,19)(H,20,21)/t12-/m0/s1. The lowest BCUT2D eigenvalue weighted by atomic mass is 10.2. The topological polar surface area (TPSA) is 104 Å². The van der Waals surface area contributed by atoms with Gasteiger partial charge in [-0.05, 0) is 12.1 Å². The first kappa shape index (κ1) is 15.0. The molecule has 1 heterocycles. The molecule has 0 bridgehead atoms. The van der Waals surface area contributed by atoms with Crippen molar-refractivity contribution in [3.05, 3.63) is 30.6 Å². The Hall–Kier alpha value is -2.41. The molecule has 1 aromatic heterocycles. The predicted molar refractivity (Wildman–Crippen MR) is 75.6 cm³/mol. The first-order chi connectivity index (χ1) is 10.1. The van der Waals surface area contributed by atoms with Crippen LogP contribution in [0.5, 0.6) is 0 Å². The minimum Gasteiger partial charge on any atom is -0.479 e. The van der Waals surface area contributed by atoms with E-state index in [1.807, 2.05) is 28.8 Å². The smallest absolute Gasteiger partial charge is 0.332 e. The summed E-state index contributed by atoms with van der Waals surface area (Å²) in [5, 5.41) is 20.2. The van der Waals surface area contributed by atoms with Crippen LogP contribution >= 0.6 is 0 Å². The number of hydrogen-bond acceptors (Lipinski definition) is 4. The molecule has 0 aliphatic rings. The number of aliphatic hydroxyl groups excluding tert-OH is 1. The molecule has 0 aliphatic carbocycles. The van der Waals surface area contributed by atoms with Gasteiger partial charge in [-0.3, -0.25) is 4.79 Å². The molecule has 7 heteroatoms. The number of carbonyl (C=O) groups excluding carboxylic acids is 1. The summed E-state index contributed by atoms with van der Waals surface area (Å²) in [6.45, 7) is 0.630. The summed E-state index contributed by atoms with van der Waals surface area (Å²) >= 11 is 0. The number of fused-ring (bicyclic) bond motifs is 1. The Kier molecular flexibility index (Phi) is 4.89. The number of benzene rings is 1. The van der Waals surface area contributed by atoms with E-state index in [9.17, 15) is 9.59 Å². The van der Waals surface area contributed by atoms with Crippen LogP contribution in [-0.4, -0.2) is 44.3 Å². The lowest BCUT2D eigenvalue weighted by molar-refractivity contribution is -0.147. The molecular formula is C14H17N3O4. The number of amides is 1. The predicted octanol–water partition coefficient (Wildman–Crippen LogP) is 0.378. The average molecular weight is 291 g/mol. The van der Waals surface area contributed by atoms with Crippen LogP contribution in [0.1, 0.15) is 12.8 Å². The van der Waals surface area contributed by atoms with E-state index in [1.165, 1.54) is 0 Å². The molecule has 0 spiro atoms. The molecule has 0 unspecified atom stereocenters. The van der Waals surface area contributed by atoms with Gasteiger partial charge in [-0.1, -0.05) is 12.1 Å². The molecule has 21 heavy (non-hydrogen) atoms. The highest BCUT2D eigenvalue weighted by atomic mass is 16.4. The molecule has 2 rings (SSSR count). The van der Waals surface area contributed by atoms with Crippen molar-refractivity contribution in [3.63, 3.8) is 0 Å². The zero-order valence-electron chi connectivity index (χ0n) is 11.4. The molecule has 1 aromatic carbocycles. The van der Waals surface area contributed by atoms with Crippen LogP contribution in [-0.2, 0) is 16.1 Å². The Morgan fingerprint density at radius 3 is 2.86 bits per heavy atom. The third-order valence-corrected chi connectivity index (χ3v) is 3.13. The van der Waals surface area contributed by atoms with E-state index in [4.69, 9.17) is 10.2 Å². The zero-order chi connectivity index (χ0) is 15.2. The zero-order valence-corrected chi connectivity index (χ0v) is 11.4. The van der Waals surface area contributed by atoms with Crippen molar-refractivity contribution in [2.45, 2.75) is 25.5 Å². The van der Waals surface area contributed by atoms with Gasteiger partial charge in [0, 0.05) is 25.9 Å². The maximum Gasteiger partial charge on any atom is 0.332 e. The number of para-hydroxylation sites is 2. The van der Waals surface area contributed by atoms with Crippen LogP contribution in [0.4, 0.5) is 0 Å². The summed E-state index contributed by atoms with van der Waals surface area (Å²) in [4.78, 5) is 26.3. The Morgan fingerprint density at radius 1 is 1.33 bits per heavy atom. The second kappa shape index (κ2) is 6.85. The van der Waals surface area contributed by atoms with Crippen LogP contribution in [0, 0.1) is 0 Å². The monoisotopic (exact) mass is 291 g/mol. The molecule has 1 amide bonds. The first-order valence-electron chi connectivity index (χ1n) is 6.65. The molecule has 0 radical (unpaired) electrons. The third kappa shape index (κ3) is 4.03. The minimum absolute atomic E-state index is 0.00488. The molecule has 0 fully saturated rings. The maximum absolute atomic E-state index is 11.7. The number of nitrogens with zero attached hydrogens (tertiary/aromatic N) is 2. The second-order valence-electron chi connectivity index (χ2n) is 4.67. The Bertz CT molecular complexity index is 638. The molecule has 1 atom stereocenters. The Balaban J connectivity index is 1.78. The highest BCUT2D eigenvalue weighted by molar-refractivity contribution is 5.77. The van der Waals surface area contributed by atoms with E-state index in [-0.39, 0.29) is 25.3 Å². The number of aryl methyl sites for hydroxylation is 1. The van der Waals surface area contributed by atoms with Crippen LogP contribution in [0.15, 0.2) is 30.6 Å². The largest absolute Gasteiger partial charge is 0.479 e. The van der Waals surface area contributed by atoms with Gasteiger partial charge in [-0.15, -0.1) is 0 Å². The van der Waals surface area contributed by atoms with Crippen molar-refractivity contribution in [1.29, 1.82) is 0 Å². The quantitative estimate of drug-likeness (QED) is 0.684. The number of imidazole rings is 1. The van der Waals surface area contributed by atoms with Crippen molar-refractivity contribution in [3.8, 4) is 0 Å². The molecule has 0 saturated heterocycles. The molecule has 2 aromatic rings. The maximum atomic E-state index is 11.7. The summed E-state index contributed by atoms with van der Waals surface area (Å²) < 4.78 is 1.89. The van der Waals surface area contributed by atoms with E-state index in [2.05, 4.69) is 10.3 Å². The third-order valence-electron chi connectivity index (χ3n) is 3.13. The number of aliphatic hydroxyl groups is 1. The number of aromatic nitrogens is 2. The van der Waals surface area contributed by atoms with E-state index in [0.29, 0.717) is 6.54 Å². The van der Waals surface area contributed by atoms with Crippen molar-refractivity contribution in [1.82, 2.24) is 14.9 Å². The Labute approximate surface area is 121 Å². The van der Waals surface area contributed by atoms with Crippen molar-refractivity contribution in [2.75, 3.05) is 6.54 Å². The number of carbonyl (C=O) groups is 2. The summed E-state index contributed by atoms with van der Waals surface area (Å²) in [6, 6.07) is 7.65. The van der Waals surface area contributed by atoms with E-state index >= 15 is 0 Å². The lowest BCUT2D eigenvalue weighted by Crippen LogP contribution is -2.30. The summed E-state index contributed by atoms with van der Waals surface area (Å²) in [7, 11) is 0. The van der Waals surface area contributed by atoms with Gasteiger partial charge in [0.1, 0.15) is 0 Å².